The number of rotatable bonds is 2. The van der Waals surface area contributed by atoms with Gasteiger partial charge in [0.05, 0.1) is 11.8 Å². The average Bonchev–Trinajstić information content (AvgIpc) is 2.32. The van der Waals surface area contributed by atoms with Gasteiger partial charge >= 0.3 is 0 Å². The van der Waals surface area contributed by atoms with Crippen LogP contribution in [0.5, 0.6) is 0 Å². The Labute approximate surface area is 108 Å². The van der Waals surface area contributed by atoms with Crippen LogP contribution in [0.15, 0.2) is 18.2 Å². The van der Waals surface area contributed by atoms with Crippen molar-refractivity contribution < 1.29 is 9.50 Å². The number of aliphatic hydroxyl groups excluding tert-OH is 1. The molecule has 2 nitrogen and oxygen atoms in total. The number of hydrogen-bond donors (Lipinski definition) is 1. The van der Waals surface area contributed by atoms with Crippen molar-refractivity contribution in [2.75, 3.05) is 18.0 Å². The summed E-state index contributed by atoms with van der Waals surface area (Å²) >= 11 is 0. The summed E-state index contributed by atoms with van der Waals surface area (Å²) in [5, 5.41) is 9.78. The van der Waals surface area contributed by atoms with E-state index in [1.54, 1.807) is 13.0 Å². The first-order valence-corrected chi connectivity index (χ1v) is 6.72. The van der Waals surface area contributed by atoms with Gasteiger partial charge in [-0.25, -0.2) is 4.39 Å². The van der Waals surface area contributed by atoms with Crippen LogP contribution in [0.3, 0.4) is 0 Å². The number of anilines is 1. The number of hydrogen-bond acceptors (Lipinski definition) is 2. The first-order valence-electron chi connectivity index (χ1n) is 6.72. The van der Waals surface area contributed by atoms with Crippen LogP contribution in [0.25, 0.3) is 0 Å². The predicted octanol–water partition coefficient (Wildman–Crippen LogP) is 3.36. The summed E-state index contributed by atoms with van der Waals surface area (Å²) in [6, 6.07) is 4.95. The van der Waals surface area contributed by atoms with Gasteiger partial charge in [0.2, 0.25) is 0 Å². The molecule has 1 aliphatic heterocycles. The molecule has 3 heteroatoms. The van der Waals surface area contributed by atoms with Crippen molar-refractivity contribution in [1.29, 1.82) is 0 Å². The fraction of sp³-hybridized carbons (Fsp3) is 0.600. The molecule has 1 aliphatic rings. The third-order valence-corrected chi connectivity index (χ3v) is 4.12. The number of nitrogens with zero attached hydrogens (tertiary/aromatic N) is 1. The van der Waals surface area contributed by atoms with Gasteiger partial charge in [0.15, 0.2) is 0 Å². The maximum Gasteiger partial charge on any atom is 0.146 e. The monoisotopic (exact) mass is 251 g/mol. The highest BCUT2D eigenvalue weighted by Crippen LogP contribution is 2.33. The molecule has 0 aliphatic carbocycles. The number of piperidine rings is 1. The summed E-state index contributed by atoms with van der Waals surface area (Å²) in [7, 11) is 0. The second kappa shape index (κ2) is 5.27. The van der Waals surface area contributed by atoms with E-state index in [9.17, 15) is 9.50 Å². The van der Waals surface area contributed by atoms with Gasteiger partial charge in [-0.15, -0.1) is 0 Å². The molecule has 1 aromatic rings. The van der Waals surface area contributed by atoms with Gasteiger partial charge in [0.1, 0.15) is 5.82 Å². The highest BCUT2D eigenvalue weighted by Gasteiger charge is 2.26. The van der Waals surface area contributed by atoms with Crippen molar-refractivity contribution in [3.63, 3.8) is 0 Å². The van der Waals surface area contributed by atoms with Crippen molar-refractivity contribution in [3.8, 4) is 0 Å². The molecule has 18 heavy (non-hydrogen) atoms. The lowest BCUT2D eigenvalue weighted by Crippen LogP contribution is -2.39. The van der Waals surface area contributed by atoms with Crippen molar-refractivity contribution >= 4 is 5.69 Å². The van der Waals surface area contributed by atoms with Crippen molar-refractivity contribution in [2.45, 2.75) is 33.3 Å². The normalized spacial score (nSPS) is 26.2. The third kappa shape index (κ3) is 2.51. The number of benzene rings is 1. The lowest BCUT2D eigenvalue weighted by atomic mass is 9.88. The van der Waals surface area contributed by atoms with E-state index in [0.717, 1.165) is 19.5 Å². The van der Waals surface area contributed by atoms with Crippen LogP contribution in [0.4, 0.5) is 10.1 Å². The third-order valence-electron chi connectivity index (χ3n) is 4.12. The van der Waals surface area contributed by atoms with Gasteiger partial charge in [0.25, 0.3) is 0 Å². The lowest BCUT2D eigenvalue weighted by Gasteiger charge is -2.38. The van der Waals surface area contributed by atoms with Gasteiger partial charge in [-0.3, -0.25) is 0 Å². The van der Waals surface area contributed by atoms with Crippen LogP contribution >= 0.6 is 0 Å². The molecule has 1 saturated heterocycles. The molecule has 1 aromatic carbocycles. The minimum Gasteiger partial charge on any atom is -0.389 e. The minimum atomic E-state index is -0.634. The molecule has 100 valence electrons. The molecule has 0 bridgehead atoms. The Bertz CT molecular complexity index is 419. The molecule has 0 amide bonds. The number of aliphatic hydroxyl groups is 1. The minimum absolute atomic E-state index is 0.227. The zero-order valence-corrected chi connectivity index (χ0v) is 11.4. The summed E-state index contributed by atoms with van der Waals surface area (Å²) in [5.74, 6) is 1.01. The molecule has 2 rings (SSSR count). The van der Waals surface area contributed by atoms with Crippen LogP contribution < -0.4 is 4.90 Å². The fourth-order valence-electron chi connectivity index (χ4n) is 2.67. The summed E-state index contributed by atoms with van der Waals surface area (Å²) in [6.07, 6.45) is 0.444. The standard InChI is InChI=1S/C15H22FNO/c1-10-7-8-17(9-11(10)2)15-13(12(3)18)5-4-6-14(15)16/h4-6,10-12,18H,7-9H2,1-3H3/t10?,11?,12-/m1/s1. The van der Waals surface area contributed by atoms with Crippen LogP contribution in [0.2, 0.25) is 0 Å². The van der Waals surface area contributed by atoms with E-state index < -0.39 is 6.10 Å². The highest BCUT2D eigenvalue weighted by molar-refractivity contribution is 5.56. The largest absolute Gasteiger partial charge is 0.389 e. The lowest BCUT2D eigenvalue weighted by molar-refractivity contribution is 0.198. The van der Waals surface area contributed by atoms with Crippen molar-refractivity contribution in [1.82, 2.24) is 0 Å². The Kier molecular flexibility index (Phi) is 3.91. The molecular formula is C15H22FNO. The first kappa shape index (κ1) is 13.3. The van der Waals surface area contributed by atoms with E-state index in [4.69, 9.17) is 0 Å². The number of halogens is 1. The Morgan fingerprint density at radius 1 is 1.33 bits per heavy atom. The SMILES string of the molecule is CC1CCN(c2c(F)cccc2[C@@H](C)O)CC1C. The molecule has 1 N–H and O–H groups in total. The molecule has 0 radical (unpaired) electrons. The quantitative estimate of drug-likeness (QED) is 0.871. The van der Waals surface area contributed by atoms with Gasteiger partial charge in [-0.05, 0) is 31.2 Å². The number of para-hydroxylation sites is 1. The van der Waals surface area contributed by atoms with Crippen LogP contribution in [0.1, 0.15) is 38.9 Å². The topological polar surface area (TPSA) is 23.5 Å². The van der Waals surface area contributed by atoms with E-state index in [2.05, 4.69) is 18.7 Å². The van der Waals surface area contributed by atoms with Crippen LogP contribution in [0, 0.1) is 17.7 Å². The van der Waals surface area contributed by atoms with Gasteiger partial charge in [0, 0.05) is 18.7 Å². The van der Waals surface area contributed by atoms with E-state index in [1.807, 2.05) is 6.07 Å². The second-order valence-corrected chi connectivity index (χ2v) is 5.54. The van der Waals surface area contributed by atoms with Gasteiger partial charge in [-0.1, -0.05) is 26.0 Å². The summed E-state index contributed by atoms with van der Waals surface area (Å²) < 4.78 is 14.1. The molecule has 1 fully saturated rings. The Hall–Kier alpha value is -1.09. The molecule has 1 heterocycles. The van der Waals surface area contributed by atoms with Crippen molar-refractivity contribution in [2.24, 2.45) is 11.8 Å². The van der Waals surface area contributed by atoms with Gasteiger partial charge in [-0.2, -0.15) is 0 Å². The van der Waals surface area contributed by atoms with Gasteiger partial charge < -0.3 is 10.0 Å². The maximum atomic E-state index is 14.1. The molecule has 0 saturated carbocycles. The first-order chi connectivity index (χ1) is 8.50. The maximum absolute atomic E-state index is 14.1. The Morgan fingerprint density at radius 3 is 2.67 bits per heavy atom. The molecule has 0 aromatic heterocycles. The Balaban J connectivity index is 2.33. The zero-order valence-electron chi connectivity index (χ0n) is 11.4. The molecule has 3 atom stereocenters. The van der Waals surface area contributed by atoms with Crippen molar-refractivity contribution in [3.05, 3.63) is 29.6 Å². The predicted molar refractivity (Wildman–Crippen MR) is 72.2 cm³/mol. The smallest absolute Gasteiger partial charge is 0.146 e. The Morgan fingerprint density at radius 2 is 2.06 bits per heavy atom. The van der Waals surface area contributed by atoms with Crippen LogP contribution in [-0.2, 0) is 0 Å². The zero-order chi connectivity index (χ0) is 13.3. The van der Waals surface area contributed by atoms with E-state index in [0.29, 0.717) is 23.1 Å². The van der Waals surface area contributed by atoms with E-state index >= 15 is 0 Å². The van der Waals surface area contributed by atoms with E-state index in [-0.39, 0.29) is 5.82 Å². The second-order valence-electron chi connectivity index (χ2n) is 5.54. The summed E-state index contributed by atoms with van der Waals surface area (Å²) in [6.45, 7) is 7.88. The molecule has 0 spiro atoms. The van der Waals surface area contributed by atoms with Crippen LogP contribution in [-0.4, -0.2) is 18.2 Å². The fourth-order valence-corrected chi connectivity index (χ4v) is 2.67. The molecular weight excluding hydrogens is 229 g/mol. The average molecular weight is 251 g/mol. The van der Waals surface area contributed by atoms with E-state index in [1.165, 1.54) is 6.07 Å². The summed E-state index contributed by atoms with van der Waals surface area (Å²) in [4.78, 5) is 2.09. The molecule has 2 unspecified atom stereocenters. The summed E-state index contributed by atoms with van der Waals surface area (Å²) in [5.41, 5.74) is 1.28. The highest BCUT2D eigenvalue weighted by atomic mass is 19.1.